The second kappa shape index (κ2) is 7.51. The Kier molecular flexibility index (Phi) is 4.91. The van der Waals surface area contributed by atoms with E-state index < -0.39 is 5.97 Å². The fourth-order valence-electron chi connectivity index (χ4n) is 4.18. The molecule has 3 aromatic heterocycles. The molecular formula is C22H25N3O5S. The van der Waals surface area contributed by atoms with Crippen molar-refractivity contribution in [3.8, 4) is 10.6 Å². The number of hydrogen-bond acceptors (Lipinski definition) is 9. The molecule has 0 atom stereocenters. The number of anilines is 2. The minimum atomic E-state index is -0.516. The highest BCUT2D eigenvalue weighted by Crippen LogP contribution is 2.48. The van der Waals surface area contributed by atoms with Crippen LogP contribution in [0.1, 0.15) is 35.7 Å². The van der Waals surface area contributed by atoms with Crippen LogP contribution >= 0.6 is 11.3 Å². The molecule has 2 N–H and O–H groups in total. The van der Waals surface area contributed by atoms with E-state index in [0.29, 0.717) is 31.3 Å². The van der Waals surface area contributed by atoms with Gasteiger partial charge in [0.25, 0.3) is 0 Å². The van der Waals surface area contributed by atoms with Gasteiger partial charge in [0.15, 0.2) is 0 Å². The fraction of sp³-hybridized carbons (Fsp3) is 0.455. The van der Waals surface area contributed by atoms with Crippen molar-refractivity contribution >= 4 is 38.9 Å². The quantitative estimate of drug-likeness (QED) is 0.613. The fourth-order valence-corrected chi connectivity index (χ4v) is 5.41. The molecule has 0 radical (unpaired) electrons. The molecule has 9 heteroatoms. The number of esters is 1. The van der Waals surface area contributed by atoms with E-state index in [0.717, 1.165) is 51.5 Å². The van der Waals surface area contributed by atoms with Crippen LogP contribution in [0.3, 0.4) is 0 Å². The third-order valence-corrected chi connectivity index (χ3v) is 6.98. The zero-order chi connectivity index (χ0) is 21.8. The number of carbonyl (C=O) groups is 1. The topological polar surface area (TPSA) is 100 Å². The summed E-state index contributed by atoms with van der Waals surface area (Å²) in [7, 11) is 1.33. The predicted octanol–water partition coefficient (Wildman–Crippen LogP) is 3.61. The van der Waals surface area contributed by atoms with Crippen LogP contribution in [0, 0.1) is 0 Å². The van der Waals surface area contributed by atoms with Gasteiger partial charge in [0.2, 0.25) is 5.76 Å². The molecule has 31 heavy (non-hydrogen) atoms. The van der Waals surface area contributed by atoms with Gasteiger partial charge in [-0.15, -0.1) is 11.3 Å². The number of ether oxygens (including phenoxy) is 3. The number of rotatable bonds is 3. The highest BCUT2D eigenvalue weighted by atomic mass is 32.1. The Balaban J connectivity index is 1.71. The number of hydrogen-bond donors (Lipinski definition) is 1. The van der Waals surface area contributed by atoms with Crippen LogP contribution in [0.4, 0.5) is 11.5 Å². The van der Waals surface area contributed by atoms with E-state index in [-0.39, 0.29) is 11.4 Å². The number of carbonyl (C=O) groups excluding carboxylic acids is 1. The summed E-state index contributed by atoms with van der Waals surface area (Å²) in [5.74, 6) is 1.09. The number of furan rings is 1. The average molecular weight is 444 g/mol. The predicted molar refractivity (Wildman–Crippen MR) is 119 cm³/mol. The average Bonchev–Trinajstić information content (AvgIpc) is 3.38. The second-order valence-electron chi connectivity index (χ2n) is 8.39. The first-order valence-electron chi connectivity index (χ1n) is 10.3. The number of fused-ring (bicyclic) bond motifs is 3. The first-order valence-corrected chi connectivity index (χ1v) is 11.1. The number of nitrogen functional groups attached to an aromatic ring is 1. The van der Waals surface area contributed by atoms with Gasteiger partial charge in [-0.05, 0) is 31.5 Å². The maximum absolute atomic E-state index is 11.9. The first kappa shape index (κ1) is 20.3. The zero-order valence-electron chi connectivity index (χ0n) is 17.8. The summed E-state index contributed by atoms with van der Waals surface area (Å²) in [5.41, 5.74) is 9.14. The van der Waals surface area contributed by atoms with Gasteiger partial charge in [0.1, 0.15) is 11.6 Å². The maximum atomic E-state index is 11.9. The Morgan fingerprint density at radius 3 is 2.81 bits per heavy atom. The number of nitrogens with two attached hydrogens (primary N) is 1. The van der Waals surface area contributed by atoms with Crippen molar-refractivity contribution in [3.05, 3.63) is 29.2 Å². The van der Waals surface area contributed by atoms with Crippen molar-refractivity contribution in [3.63, 3.8) is 0 Å². The molecule has 5 rings (SSSR count). The molecule has 1 saturated heterocycles. The van der Waals surface area contributed by atoms with Crippen LogP contribution in [0.15, 0.2) is 16.5 Å². The third kappa shape index (κ3) is 3.46. The lowest BCUT2D eigenvalue weighted by Crippen LogP contribution is -2.38. The Morgan fingerprint density at radius 2 is 2.06 bits per heavy atom. The number of thiophene rings is 1. The van der Waals surface area contributed by atoms with Crippen molar-refractivity contribution in [1.82, 2.24) is 4.98 Å². The van der Waals surface area contributed by atoms with Crippen molar-refractivity contribution in [2.24, 2.45) is 0 Å². The summed E-state index contributed by atoms with van der Waals surface area (Å²) in [5, 5.41) is 1.01. The monoisotopic (exact) mass is 443 g/mol. The summed E-state index contributed by atoms with van der Waals surface area (Å²) >= 11 is 1.55. The van der Waals surface area contributed by atoms with Crippen LogP contribution in [0.2, 0.25) is 0 Å². The molecule has 0 spiro atoms. The lowest BCUT2D eigenvalue weighted by atomic mass is 9.91. The molecule has 164 valence electrons. The standard InChI is InChI=1S/C22H25N3O5S/c1-22(2)10-12-13(11-29-22)24-20(25-6-8-28-9-7-25)19-16(12)17(23)18(31-19)14-4-5-15(30-14)21(26)27-3/h4-5H,6-11,23H2,1-3H3. The van der Waals surface area contributed by atoms with Gasteiger partial charge in [0, 0.05) is 24.9 Å². The van der Waals surface area contributed by atoms with E-state index in [2.05, 4.69) is 18.7 Å². The molecule has 0 unspecified atom stereocenters. The van der Waals surface area contributed by atoms with Gasteiger partial charge in [-0.25, -0.2) is 9.78 Å². The highest BCUT2D eigenvalue weighted by Gasteiger charge is 2.33. The summed E-state index contributed by atoms with van der Waals surface area (Å²) in [4.78, 5) is 19.9. The summed E-state index contributed by atoms with van der Waals surface area (Å²) in [6.45, 7) is 7.48. The molecule has 0 amide bonds. The molecule has 1 fully saturated rings. The Hall–Kier alpha value is -2.62. The number of morpholine rings is 1. The molecular weight excluding hydrogens is 418 g/mol. The number of nitrogens with zero attached hydrogens (tertiary/aromatic N) is 2. The van der Waals surface area contributed by atoms with Gasteiger partial charge in [-0.2, -0.15) is 0 Å². The number of pyridine rings is 1. The lowest BCUT2D eigenvalue weighted by Gasteiger charge is -2.34. The van der Waals surface area contributed by atoms with E-state index in [1.54, 1.807) is 23.5 Å². The summed E-state index contributed by atoms with van der Waals surface area (Å²) < 4.78 is 23.2. The second-order valence-corrected chi connectivity index (χ2v) is 9.41. The van der Waals surface area contributed by atoms with Gasteiger partial charge < -0.3 is 29.3 Å². The van der Waals surface area contributed by atoms with Gasteiger partial charge in [-0.3, -0.25) is 0 Å². The molecule has 0 saturated carbocycles. The Morgan fingerprint density at radius 1 is 1.29 bits per heavy atom. The van der Waals surface area contributed by atoms with Gasteiger partial charge >= 0.3 is 5.97 Å². The van der Waals surface area contributed by atoms with Crippen LogP contribution in [0.25, 0.3) is 20.7 Å². The molecule has 2 aliphatic heterocycles. The number of aromatic nitrogens is 1. The Labute approximate surface area is 183 Å². The van der Waals surface area contributed by atoms with Crippen molar-refractivity contribution in [1.29, 1.82) is 0 Å². The minimum Gasteiger partial charge on any atom is -0.463 e. The first-order chi connectivity index (χ1) is 14.9. The van der Waals surface area contributed by atoms with Crippen molar-refractivity contribution in [2.75, 3.05) is 44.0 Å². The Bertz CT molecular complexity index is 1160. The van der Waals surface area contributed by atoms with E-state index in [1.807, 2.05) is 0 Å². The normalized spacial score (nSPS) is 18.2. The van der Waals surface area contributed by atoms with E-state index in [4.69, 9.17) is 29.3 Å². The van der Waals surface area contributed by atoms with E-state index >= 15 is 0 Å². The molecule has 0 bridgehead atoms. The molecule has 3 aromatic rings. The van der Waals surface area contributed by atoms with E-state index in [9.17, 15) is 4.79 Å². The van der Waals surface area contributed by atoms with Crippen LogP contribution in [0.5, 0.6) is 0 Å². The minimum absolute atomic E-state index is 0.150. The number of methoxy groups -OCH3 is 1. The van der Waals surface area contributed by atoms with Crippen LogP contribution in [-0.2, 0) is 27.2 Å². The maximum Gasteiger partial charge on any atom is 0.373 e. The summed E-state index contributed by atoms with van der Waals surface area (Å²) in [6.07, 6.45) is 0.723. The highest BCUT2D eigenvalue weighted by molar-refractivity contribution is 7.23. The van der Waals surface area contributed by atoms with Crippen LogP contribution in [-0.4, -0.2) is 50.0 Å². The third-order valence-electron chi connectivity index (χ3n) is 5.77. The summed E-state index contributed by atoms with van der Waals surface area (Å²) in [6, 6.07) is 3.37. The zero-order valence-corrected chi connectivity index (χ0v) is 18.6. The van der Waals surface area contributed by atoms with Crippen LogP contribution < -0.4 is 10.6 Å². The largest absolute Gasteiger partial charge is 0.463 e. The molecule has 0 aliphatic carbocycles. The van der Waals surface area contributed by atoms with Gasteiger partial charge in [0.05, 0.1) is 53.5 Å². The van der Waals surface area contributed by atoms with E-state index in [1.165, 1.54) is 7.11 Å². The lowest BCUT2D eigenvalue weighted by molar-refractivity contribution is -0.0415. The molecule has 2 aliphatic rings. The van der Waals surface area contributed by atoms with Crippen molar-refractivity contribution < 1.29 is 23.4 Å². The van der Waals surface area contributed by atoms with Crippen molar-refractivity contribution in [2.45, 2.75) is 32.5 Å². The molecule has 8 nitrogen and oxygen atoms in total. The van der Waals surface area contributed by atoms with Gasteiger partial charge in [-0.1, -0.05) is 0 Å². The molecule has 0 aromatic carbocycles. The SMILES string of the molecule is COC(=O)c1ccc(-c2sc3c(N4CCOCC4)nc4c(c3c2N)CC(C)(C)OC4)o1. The smallest absolute Gasteiger partial charge is 0.373 e. The molecule has 5 heterocycles.